The minimum absolute atomic E-state index is 0.0859. The third kappa shape index (κ3) is 2.80. The van der Waals surface area contributed by atoms with Gasteiger partial charge in [-0.2, -0.15) is 5.10 Å². The van der Waals surface area contributed by atoms with Gasteiger partial charge in [0.15, 0.2) is 0 Å². The third-order valence-electron chi connectivity index (χ3n) is 3.29. The number of nitrogens with zero attached hydrogens (tertiary/aromatic N) is 3. The molecule has 0 aliphatic carbocycles. The van der Waals surface area contributed by atoms with Crippen LogP contribution in [-0.2, 0) is 0 Å². The average Bonchev–Trinajstić information content (AvgIpc) is 2.92. The number of halogens is 1. The van der Waals surface area contributed by atoms with Crippen LogP contribution in [0.5, 0.6) is 0 Å². The van der Waals surface area contributed by atoms with Gasteiger partial charge in [0.1, 0.15) is 0 Å². The maximum atomic E-state index is 12.4. The number of rotatable bonds is 3. The summed E-state index contributed by atoms with van der Waals surface area (Å²) in [5, 5.41) is 7.12. The number of fused-ring (bicyclic) bond motifs is 1. The molecule has 1 atom stereocenters. The lowest BCUT2D eigenvalue weighted by Crippen LogP contribution is -2.26. The zero-order chi connectivity index (χ0) is 14.8. The van der Waals surface area contributed by atoms with Gasteiger partial charge in [-0.3, -0.25) is 9.78 Å². The molecule has 21 heavy (non-hydrogen) atoms. The summed E-state index contributed by atoms with van der Waals surface area (Å²) in [7, 11) is 0. The second-order valence-corrected chi connectivity index (χ2v) is 5.63. The van der Waals surface area contributed by atoms with Gasteiger partial charge in [0, 0.05) is 16.9 Å². The van der Waals surface area contributed by atoms with Crippen LogP contribution in [0, 0.1) is 0 Å². The summed E-state index contributed by atoms with van der Waals surface area (Å²) in [6, 6.07) is 7.78. The lowest BCUT2D eigenvalue weighted by atomic mass is 10.1. The molecule has 0 fully saturated rings. The zero-order valence-corrected chi connectivity index (χ0v) is 12.9. The molecule has 0 aliphatic heterocycles. The Balaban J connectivity index is 1.81. The first-order valence-electron chi connectivity index (χ1n) is 6.49. The van der Waals surface area contributed by atoms with E-state index in [4.69, 9.17) is 0 Å². The molecule has 6 heteroatoms. The van der Waals surface area contributed by atoms with Gasteiger partial charge in [0.05, 0.1) is 29.5 Å². The van der Waals surface area contributed by atoms with Gasteiger partial charge in [-0.15, -0.1) is 0 Å². The number of aromatic nitrogens is 3. The molecule has 0 aliphatic rings. The highest BCUT2D eigenvalue weighted by Gasteiger charge is 2.15. The Morgan fingerprint density at radius 2 is 2.05 bits per heavy atom. The van der Waals surface area contributed by atoms with Crippen molar-refractivity contribution in [2.24, 2.45) is 0 Å². The molecule has 1 N–H and O–H groups in total. The van der Waals surface area contributed by atoms with E-state index in [1.165, 1.54) is 0 Å². The minimum atomic E-state index is -0.159. The van der Waals surface area contributed by atoms with Gasteiger partial charge in [-0.25, -0.2) is 4.52 Å². The fraction of sp³-hybridized carbons (Fsp3) is 0.133. The van der Waals surface area contributed by atoms with Crippen molar-refractivity contribution < 1.29 is 4.79 Å². The summed E-state index contributed by atoms with van der Waals surface area (Å²) >= 11 is 3.40. The van der Waals surface area contributed by atoms with Crippen LogP contribution < -0.4 is 5.32 Å². The number of benzene rings is 1. The molecule has 2 aromatic heterocycles. The van der Waals surface area contributed by atoms with E-state index in [2.05, 4.69) is 31.3 Å². The van der Waals surface area contributed by atoms with Crippen molar-refractivity contribution >= 4 is 27.4 Å². The number of hydrogen-bond acceptors (Lipinski definition) is 3. The first-order valence-corrected chi connectivity index (χ1v) is 7.28. The van der Waals surface area contributed by atoms with Gasteiger partial charge >= 0.3 is 0 Å². The number of amides is 1. The van der Waals surface area contributed by atoms with Crippen molar-refractivity contribution in [2.75, 3.05) is 0 Å². The molecule has 3 rings (SSSR count). The first-order chi connectivity index (χ1) is 10.1. The molecule has 0 radical (unpaired) electrons. The fourth-order valence-corrected chi connectivity index (χ4v) is 2.38. The van der Waals surface area contributed by atoms with Crippen LogP contribution >= 0.6 is 15.9 Å². The lowest BCUT2D eigenvalue weighted by molar-refractivity contribution is 0.0941. The first kappa shape index (κ1) is 13.8. The Hall–Kier alpha value is -2.21. The Labute approximate surface area is 130 Å². The van der Waals surface area contributed by atoms with E-state index in [0.29, 0.717) is 11.1 Å². The van der Waals surface area contributed by atoms with Gasteiger partial charge in [0.25, 0.3) is 5.91 Å². The molecule has 0 spiro atoms. The molecule has 0 saturated carbocycles. The summed E-state index contributed by atoms with van der Waals surface area (Å²) < 4.78 is 2.64. The molecule has 0 saturated heterocycles. The molecule has 5 nitrogen and oxygen atoms in total. The standard InChI is InChI=1S/C15H13BrN4O/c1-10(11-2-4-12(16)5-3-11)19-15(21)13-8-18-20-7-6-17-9-14(13)20/h2-10H,1H3,(H,19,21). The van der Waals surface area contributed by atoms with Crippen molar-refractivity contribution in [3.05, 3.63) is 64.7 Å². The van der Waals surface area contributed by atoms with E-state index >= 15 is 0 Å². The Kier molecular flexibility index (Phi) is 3.70. The summed E-state index contributed by atoms with van der Waals surface area (Å²) in [4.78, 5) is 16.4. The van der Waals surface area contributed by atoms with Crippen molar-refractivity contribution in [1.29, 1.82) is 0 Å². The Morgan fingerprint density at radius 3 is 2.81 bits per heavy atom. The third-order valence-corrected chi connectivity index (χ3v) is 3.82. The van der Waals surface area contributed by atoms with E-state index in [0.717, 1.165) is 10.0 Å². The van der Waals surface area contributed by atoms with Crippen LogP contribution in [0.15, 0.2) is 53.5 Å². The highest BCUT2D eigenvalue weighted by Crippen LogP contribution is 2.17. The summed E-state index contributed by atoms with van der Waals surface area (Å²) in [6.07, 6.45) is 6.53. The number of carbonyl (C=O) groups excluding carboxylic acids is 1. The van der Waals surface area contributed by atoms with Crippen LogP contribution in [0.25, 0.3) is 5.52 Å². The molecule has 106 valence electrons. The van der Waals surface area contributed by atoms with Crippen LogP contribution in [0.3, 0.4) is 0 Å². The number of hydrogen-bond donors (Lipinski definition) is 1. The molecular weight excluding hydrogens is 332 g/mol. The molecule has 2 heterocycles. The normalized spacial score (nSPS) is 12.3. The van der Waals surface area contributed by atoms with Gasteiger partial charge in [-0.05, 0) is 24.6 Å². The van der Waals surface area contributed by atoms with Gasteiger partial charge in [0.2, 0.25) is 0 Å². The van der Waals surface area contributed by atoms with Crippen molar-refractivity contribution in [3.8, 4) is 0 Å². The summed E-state index contributed by atoms with van der Waals surface area (Å²) in [5.74, 6) is -0.159. The van der Waals surface area contributed by atoms with E-state index in [1.807, 2.05) is 31.2 Å². The zero-order valence-electron chi connectivity index (χ0n) is 11.3. The number of nitrogens with one attached hydrogen (secondary N) is 1. The average molecular weight is 345 g/mol. The predicted molar refractivity (Wildman–Crippen MR) is 83.0 cm³/mol. The molecule has 3 aromatic rings. The second kappa shape index (κ2) is 5.65. The maximum Gasteiger partial charge on any atom is 0.255 e. The van der Waals surface area contributed by atoms with Crippen LogP contribution in [-0.4, -0.2) is 20.5 Å². The topological polar surface area (TPSA) is 59.3 Å². The smallest absolute Gasteiger partial charge is 0.255 e. The summed E-state index contributed by atoms with van der Waals surface area (Å²) in [6.45, 7) is 1.95. The number of carbonyl (C=O) groups is 1. The molecule has 0 bridgehead atoms. The maximum absolute atomic E-state index is 12.4. The second-order valence-electron chi connectivity index (χ2n) is 4.71. The van der Waals surface area contributed by atoms with Crippen LogP contribution in [0.4, 0.5) is 0 Å². The monoisotopic (exact) mass is 344 g/mol. The largest absolute Gasteiger partial charge is 0.345 e. The van der Waals surface area contributed by atoms with E-state index in [9.17, 15) is 4.79 Å². The van der Waals surface area contributed by atoms with E-state index in [-0.39, 0.29) is 11.9 Å². The molecule has 1 amide bonds. The Bertz CT molecular complexity index is 782. The van der Waals surface area contributed by atoms with Gasteiger partial charge < -0.3 is 5.32 Å². The van der Waals surface area contributed by atoms with Gasteiger partial charge in [-0.1, -0.05) is 28.1 Å². The molecular formula is C15H13BrN4O. The summed E-state index contributed by atoms with van der Waals surface area (Å²) in [5.41, 5.74) is 2.26. The highest BCUT2D eigenvalue weighted by atomic mass is 79.9. The van der Waals surface area contributed by atoms with Crippen LogP contribution in [0.2, 0.25) is 0 Å². The fourth-order valence-electron chi connectivity index (χ4n) is 2.12. The van der Waals surface area contributed by atoms with E-state index < -0.39 is 0 Å². The minimum Gasteiger partial charge on any atom is -0.345 e. The van der Waals surface area contributed by atoms with Crippen molar-refractivity contribution in [1.82, 2.24) is 19.9 Å². The quantitative estimate of drug-likeness (QED) is 0.794. The molecule has 1 unspecified atom stereocenters. The predicted octanol–water partition coefficient (Wildman–Crippen LogP) is 2.98. The lowest BCUT2D eigenvalue weighted by Gasteiger charge is -2.14. The Morgan fingerprint density at radius 1 is 1.29 bits per heavy atom. The van der Waals surface area contributed by atoms with E-state index in [1.54, 1.807) is 29.3 Å². The SMILES string of the molecule is CC(NC(=O)c1cnn2ccncc12)c1ccc(Br)cc1. The van der Waals surface area contributed by atoms with Crippen molar-refractivity contribution in [2.45, 2.75) is 13.0 Å². The van der Waals surface area contributed by atoms with Crippen LogP contribution in [0.1, 0.15) is 28.9 Å². The van der Waals surface area contributed by atoms with Crippen molar-refractivity contribution in [3.63, 3.8) is 0 Å². The molecule has 1 aromatic carbocycles. The highest BCUT2D eigenvalue weighted by molar-refractivity contribution is 9.10.